The Balaban J connectivity index is 1.75. The number of benzene rings is 2. The maximum atomic E-state index is 5.45. The van der Waals surface area contributed by atoms with E-state index in [1.54, 1.807) is 36.9 Å². The molecule has 4 aromatic heterocycles. The summed E-state index contributed by atoms with van der Waals surface area (Å²) < 4.78 is 19.0. The first-order valence-corrected chi connectivity index (χ1v) is 11.3. The summed E-state index contributed by atoms with van der Waals surface area (Å²) in [6, 6.07) is 13.3. The third-order valence-electron chi connectivity index (χ3n) is 4.76. The molecule has 0 atom stereocenters. The van der Waals surface area contributed by atoms with E-state index < -0.39 is 0 Å². The van der Waals surface area contributed by atoms with Crippen molar-refractivity contribution in [2.24, 2.45) is 0 Å². The zero-order valence-electron chi connectivity index (χ0n) is 13.9. The lowest BCUT2D eigenvalue weighted by Gasteiger charge is -1.93. The van der Waals surface area contributed by atoms with Gasteiger partial charge in [0.05, 0.1) is 23.6 Å². The Morgan fingerprint density at radius 2 is 1.00 bits per heavy atom. The Morgan fingerprint density at radius 3 is 1.42 bits per heavy atom. The SMILES string of the molecule is COc1cc2c(ccc3c2sc2c4ccc5sc(OC)cc5c4sc32)s1. The van der Waals surface area contributed by atoms with Crippen molar-refractivity contribution in [2.75, 3.05) is 14.2 Å². The molecule has 6 rings (SSSR count). The van der Waals surface area contributed by atoms with Crippen LogP contribution in [0.1, 0.15) is 0 Å². The number of thiophene rings is 4. The van der Waals surface area contributed by atoms with Gasteiger partial charge < -0.3 is 9.47 Å². The molecular weight excluding hydrogens is 400 g/mol. The first kappa shape index (κ1) is 15.2. The molecule has 0 aliphatic rings. The zero-order chi connectivity index (χ0) is 17.4. The molecule has 2 nitrogen and oxygen atoms in total. The van der Waals surface area contributed by atoms with Crippen molar-refractivity contribution >= 4 is 95.1 Å². The van der Waals surface area contributed by atoms with Gasteiger partial charge >= 0.3 is 0 Å². The Hall–Kier alpha value is -1.86. The topological polar surface area (TPSA) is 18.5 Å². The lowest BCUT2D eigenvalue weighted by molar-refractivity contribution is 0.427. The molecule has 26 heavy (non-hydrogen) atoms. The van der Waals surface area contributed by atoms with Crippen LogP contribution in [0.15, 0.2) is 36.4 Å². The average Bonchev–Trinajstić information content (AvgIpc) is 3.39. The Kier molecular flexibility index (Phi) is 3.12. The van der Waals surface area contributed by atoms with Gasteiger partial charge in [-0.25, -0.2) is 0 Å². The van der Waals surface area contributed by atoms with Crippen LogP contribution in [0.5, 0.6) is 10.1 Å². The van der Waals surface area contributed by atoms with Crippen molar-refractivity contribution in [3.05, 3.63) is 36.4 Å². The van der Waals surface area contributed by atoms with Gasteiger partial charge in [-0.3, -0.25) is 0 Å². The fourth-order valence-corrected chi connectivity index (χ4v) is 8.32. The molecule has 0 amide bonds. The first-order valence-electron chi connectivity index (χ1n) is 8.08. The molecule has 128 valence electrons. The summed E-state index contributed by atoms with van der Waals surface area (Å²) in [6.45, 7) is 0. The molecule has 0 aliphatic heterocycles. The monoisotopic (exact) mass is 412 g/mol. The van der Waals surface area contributed by atoms with Gasteiger partial charge in [0.1, 0.15) is 0 Å². The Bertz CT molecular complexity index is 1350. The van der Waals surface area contributed by atoms with Crippen LogP contribution >= 0.6 is 45.3 Å². The van der Waals surface area contributed by atoms with Crippen LogP contribution in [-0.4, -0.2) is 14.2 Å². The van der Waals surface area contributed by atoms with Crippen molar-refractivity contribution in [1.29, 1.82) is 0 Å². The van der Waals surface area contributed by atoms with Gasteiger partial charge in [0.15, 0.2) is 10.1 Å². The highest BCUT2D eigenvalue weighted by atomic mass is 32.1. The molecule has 0 unspecified atom stereocenters. The summed E-state index contributed by atoms with van der Waals surface area (Å²) >= 11 is 7.23. The van der Waals surface area contributed by atoms with E-state index in [4.69, 9.17) is 9.47 Å². The van der Waals surface area contributed by atoms with Crippen molar-refractivity contribution in [3.8, 4) is 10.1 Å². The smallest absolute Gasteiger partial charge is 0.174 e. The lowest BCUT2D eigenvalue weighted by Crippen LogP contribution is -1.73. The predicted molar refractivity (Wildman–Crippen MR) is 119 cm³/mol. The second kappa shape index (κ2) is 5.33. The largest absolute Gasteiger partial charge is 0.487 e. The quantitative estimate of drug-likeness (QED) is 0.290. The fourth-order valence-electron chi connectivity index (χ4n) is 3.56. The average molecular weight is 413 g/mol. The molecule has 0 bridgehead atoms. The molecule has 2 aromatic carbocycles. The Morgan fingerprint density at radius 1 is 0.538 bits per heavy atom. The maximum absolute atomic E-state index is 5.45. The molecule has 4 heterocycles. The van der Waals surface area contributed by atoms with Gasteiger partial charge in [0, 0.05) is 52.5 Å². The minimum absolute atomic E-state index is 0.973. The van der Waals surface area contributed by atoms with Gasteiger partial charge in [0.25, 0.3) is 0 Å². The van der Waals surface area contributed by atoms with E-state index in [0.29, 0.717) is 0 Å². The molecule has 0 saturated heterocycles. The molecule has 0 spiro atoms. The second-order valence-corrected chi connectivity index (χ2v) is 10.2. The van der Waals surface area contributed by atoms with E-state index in [-0.39, 0.29) is 0 Å². The van der Waals surface area contributed by atoms with Crippen molar-refractivity contribution in [3.63, 3.8) is 0 Å². The van der Waals surface area contributed by atoms with Crippen LogP contribution in [-0.2, 0) is 0 Å². The highest BCUT2D eigenvalue weighted by Gasteiger charge is 2.17. The first-order chi connectivity index (χ1) is 12.8. The van der Waals surface area contributed by atoms with Crippen LogP contribution in [0, 0.1) is 0 Å². The molecule has 0 aliphatic carbocycles. The third kappa shape index (κ3) is 1.90. The number of hydrogen-bond donors (Lipinski definition) is 0. The van der Waals surface area contributed by atoms with Crippen molar-refractivity contribution < 1.29 is 9.47 Å². The van der Waals surface area contributed by atoms with Crippen LogP contribution < -0.4 is 9.47 Å². The van der Waals surface area contributed by atoms with E-state index in [9.17, 15) is 0 Å². The van der Waals surface area contributed by atoms with Crippen LogP contribution in [0.25, 0.3) is 49.7 Å². The molecule has 6 aromatic rings. The number of ether oxygens (including phenoxy) is 2. The minimum atomic E-state index is 0.973. The van der Waals surface area contributed by atoms with E-state index in [1.165, 1.54) is 49.7 Å². The minimum Gasteiger partial charge on any atom is -0.487 e. The van der Waals surface area contributed by atoms with Crippen molar-refractivity contribution in [2.45, 2.75) is 0 Å². The molecule has 0 radical (unpaired) electrons. The number of rotatable bonds is 2. The van der Waals surface area contributed by atoms with E-state index in [0.717, 1.165) is 10.1 Å². The van der Waals surface area contributed by atoms with Crippen LogP contribution in [0.2, 0.25) is 0 Å². The van der Waals surface area contributed by atoms with E-state index >= 15 is 0 Å². The maximum Gasteiger partial charge on any atom is 0.174 e. The molecular formula is C20H12O2S4. The summed E-state index contributed by atoms with van der Waals surface area (Å²) in [6.07, 6.45) is 0. The summed E-state index contributed by atoms with van der Waals surface area (Å²) in [4.78, 5) is 0. The molecule has 0 fully saturated rings. The normalized spacial score (nSPS) is 12.2. The highest BCUT2D eigenvalue weighted by Crippen LogP contribution is 2.50. The summed E-state index contributed by atoms with van der Waals surface area (Å²) in [5, 5.41) is 7.28. The standard InChI is InChI=1S/C20H12O2S4/c1-21-15-7-11-13(23-15)5-3-9-17(11)25-20-10-4-6-14-12(8-16(22-2)24-14)18(10)26-19(9)20/h3-8H,1-2H3. The van der Waals surface area contributed by atoms with Gasteiger partial charge in [-0.15, -0.1) is 22.7 Å². The molecule has 6 heteroatoms. The number of fused-ring (bicyclic) bond motifs is 9. The van der Waals surface area contributed by atoms with Crippen LogP contribution in [0.4, 0.5) is 0 Å². The van der Waals surface area contributed by atoms with E-state index in [1.807, 2.05) is 22.7 Å². The van der Waals surface area contributed by atoms with Crippen LogP contribution in [0.3, 0.4) is 0 Å². The van der Waals surface area contributed by atoms with Crippen molar-refractivity contribution in [1.82, 2.24) is 0 Å². The highest BCUT2D eigenvalue weighted by molar-refractivity contribution is 7.38. The van der Waals surface area contributed by atoms with E-state index in [2.05, 4.69) is 36.4 Å². The van der Waals surface area contributed by atoms with Gasteiger partial charge in [0.2, 0.25) is 0 Å². The number of methoxy groups -OCH3 is 2. The summed E-state index contributed by atoms with van der Waals surface area (Å²) in [7, 11) is 3.48. The van der Waals surface area contributed by atoms with Gasteiger partial charge in [-0.05, 0) is 12.1 Å². The van der Waals surface area contributed by atoms with Gasteiger partial charge in [-0.1, -0.05) is 34.8 Å². The third-order valence-corrected chi connectivity index (χ3v) is 9.56. The zero-order valence-corrected chi connectivity index (χ0v) is 17.2. The van der Waals surface area contributed by atoms with Gasteiger partial charge in [-0.2, -0.15) is 0 Å². The second-order valence-electron chi connectivity index (χ2n) is 6.11. The molecule has 0 N–H and O–H groups in total. The summed E-state index contributed by atoms with van der Waals surface area (Å²) in [5.74, 6) is 0. The number of hydrogen-bond acceptors (Lipinski definition) is 6. The Labute approximate surface area is 164 Å². The molecule has 0 saturated carbocycles. The lowest BCUT2D eigenvalue weighted by atomic mass is 10.2. The summed E-state index contributed by atoms with van der Waals surface area (Å²) in [5.41, 5.74) is 0. The predicted octanol–water partition coefficient (Wildman–Crippen LogP) is 7.72. The fraction of sp³-hybridized carbons (Fsp3) is 0.100.